The highest BCUT2D eigenvalue weighted by atomic mass is 32.1. The fourth-order valence-electron chi connectivity index (χ4n) is 2.99. The molecule has 3 rings (SSSR count). The zero-order valence-electron chi connectivity index (χ0n) is 12.1. The standard InChI is InChI=1S/C17H20N2OS/c20-16(17-4-2-12-21-17)13-15-3-1-10-19(15)11-7-14-5-8-18-9-6-14/h2,4-6,8-9,12,15H,1,3,7,10-11,13H2. The monoisotopic (exact) mass is 300 g/mol. The predicted octanol–water partition coefficient (Wildman–Crippen LogP) is 3.42. The molecule has 0 amide bonds. The average molecular weight is 300 g/mol. The van der Waals surface area contributed by atoms with Crippen LogP contribution in [0.4, 0.5) is 0 Å². The van der Waals surface area contributed by atoms with E-state index in [2.05, 4.69) is 22.0 Å². The van der Waals surface area contributed by atoms with Gasteiger partial charge in [-0.3, -0.25) is 14.7 Å². The van der Waals surface area contributed by atoms with Crippen LogP contribution < -0.4 is 0 Å². The zero-order valence-corrected chi connectivity index (χ0v) is 12.9. The molecular weight excluding hydrogens is 280 g/mol. The maximum absolute atomic E-state index is 12.3. The van der Waals surface area contributed by atoms with E-state index in [1.54, 1.807) is 11.3 Å². The van der Waals surface area contributed by atoms with Gasteiger partial charge in [-0.2, -0.15) is 0 Å². The molecule has 110 valence electrons. The first-order valence-electron chi connectivity index (χ1n) is 7.52. The first-order chi connectivity index (χ1) is 10.3. The molecule has 0 N–H and O–H groups in total. The third kappa shape index (κ3) is 3.77. The lowest BCUT2D eigenvalue weighted by atomic mass is 10.1. The molecule has 1 aliphatic rings. The summed E-state index contributed by atoms with van der Waals surface area (Å²) in [5, 5.41) is 1.98. The predicted molar refractivity (Wildman–Crippen MR) is 85.8 cm³/mol. The van der Waals surface area contributed by atoms with E-state index in [4.69, 9.17) is 0 Å². The highest BCUT2D eigenvalue weighted by Gasteiger charge is 2.26. The SMILES string of the molecule is O=C(CC1CCCN1CCc1ccncc1)c1cccs1. The maximum Gasteiger partial charge on any atom is 0.174 e. The van der Waals surface area contributed by atoms with E-state index in [9.17, 15) is 4.79 Å². The Morgan fingerprint density at radius 2 is 2.19 bits per heavy atom. The number of aromatic nitrogens is 1. The van der Waals surface area contributed by atoms with Gasteiger partial charge < -0.3 is 0 Å². The molecule has 1 atom stereocenters. The molecule has 1 fully saturated rings. The molecule has 1 aliphatic heterocycles. The fourth-order valence-corrected chi connectivity index (χ4v) is 3.67. The van der Waals surface area contributed by atoms with Crippen molar-refractivity contribution < 1.29 is 4.79 Å². The molecule has 0 aliphatic carbocycles. The van der Waals surface area contributed by atoms with Crippen LogP contribution in [0.5, 0.6) is 0 Å². The first-order valence-corrected chi connectivity index (χ1v) is 8.40. The molecule has 2 aromatic rings. The van der Waals surface area contributed by atoms with Crippen LogP contribution in [0.15, 0.2) is 42.0 Å². The van der Waals surface area contributed by atoms with Gasteiger partial charge in [-0.1, -0.05) is 6.07 Å². The number of nitrogens with zero attached hydrogens (tertiary/aromatic N) is 2. The topological polar surface area (TPSA) is 33.2 Å². The minimum absolute atomic E-state index is 0.297. The van der Waals surface area contributed by atoms with E-state index in [0.29, 0.717) is 18.2 Å². The molecule has 0 radical (unpaired) electrons. The minimum Gasteiger partial charge on any atom is -0.300 e. The second kappa shape index (κ2) is 6.96. The highest BCUT2D eigenvalue weighted by Crippen LogP contribution is 2.23. The van der Waals surface area contributed by atoms with Gasteiger partial charge in [0.15, 0.2) is 5.78 Å². The van der Waals surface area contributed by atoms with Crippen molar-refractivity contribution in [1.29, 1.82) is 0 Å². The summed E-state index contributed by atoms with van der Waals surface area (Å²) < 4.78 is 0. The van der Waals surface area contributed by atoms with Crippen LogP contribution in [0.3, 0.4) is 0 Å². The molecule has 0 spiro atoms. The number of pyridine rings is 1. The number of rotatable bonds is 6. The summed E-state index contributed by atoms with van der Waals surface area (Å²) in [5.74, 6) is 0.297. The Kier molecular flexibility index (Phi) is 4.78. The summed E-state index contributed by atoms with van der Waals surface area (Å²) >= 11 is 1.55. The molecule has 3 heterocycles. The number of thiophene rings is 1. The number of carbonyl (C=O) groups is 1. The van der Waals surface area contributed by atoms with Crippen LogP contribution in [-0.2, 0) is 6.42 Å². The Hall–Kier alpha value is -1.52. The van der Waals surface area contributed by atoms with Gasteiger partial charge in [-0.25, -0.2) is 0 Å². The van der Waals surface area contributed by atoms with Crippen molar-refractivity contribution in [2.24, 2.45) is 0 Å². The van der Waals surface area contributed by atoms with Crippen molar-refractivity contribution in [2.45, 2.75) is 31.7 Å². The van der Waals surface area contributed by atoms with Crippen molar-refractivity contribution in [3.63, 3.8) is 0 Å². The number of Topliss-reactive ketones (excluding diaryl/α,β-unsaturated/α-hetero) is 1. The van der Waals surface area contributed by atoms with E-state index in [1.165, 1.54) is 12.0 Å². The van der Waals surface area contributed by atoms with Gasteiger partial charge in [0.2, 0.25) is 0 Å². The smallest absolute Gasteiger partial charge is 0.174 e. The van der Waals surface area contributed by atoms with Crippen LogP contribution in [-0.4, -0.2) is 34.8 Å². The summed E-state index contributed by atoms with van der Waals surface area (Å²) in [6, 6.07) is 8.45. The lowest BCUT2D eigenvalue weighted by molar-refractivity contribution is 0.0946. The summed E-state index contributed by atoms with van der Waals surface area (Å²) in [6.07, 6.45) is 7.74. The van der Waals surface area contributed by atoms with Crippen LogP contribution in [0.1, 0.15) is 34.5 Å². The summed E-state index contributed by atoms with van der Waals surface area (Å²) in [5.41, 5.74) is 1.32. The molecule has 3 nitrogen and oxygen atoms in total. The average Bonchev–Trinajstić information content (AvgIpc) is 3.18. The van der Waals surface area contributed by atoms with Crippen molar-refractivity contribution >= 4 is 17.1 Å². The Bertz CT molecular complexity index is 568. The molecular formula is C17H20N2OS. The van der Waals surface area contributed by atoms with E-state index in [1.807, 2.05) is 29.9 Å². The van der Waals surface area contributed by atoms with Gasteiger partial charge in [0.25, 0.3) is 0 Å². The number of carbonyl (C=O) groups excluding carboxylic acids is 1. The molecule has 21 heavy (non-hydrogen) atoms. The quantitative estimate of drug-likeness (QED) is 0.766. The minimum atomic E-state index is 0.297. The Labute approximate surface area is 129 Å². The zero-order chi connectivity index (χ0) is 14.5. The summed E-state index contributed by atoms with van der Waals surface area (Å²) in [7, 11) is 0. The van der Waals surface area contributed by atoms with E-state index in [0.717, 1.165) is 30.8 Å². The Morgan fingerprint density at radius 3 is 2.95 bits per heavy atom. The van der Waals surface area contributed by atoms with E-state index < -0.39 is 0 Å². The van der Waals surface area contributed by atoms with Crippen molar-refractivity contribution in [2.75, 3.05) is 13.1 Å². The van der Waals surface area contributed by atoms with Gasteiger partial charge in [-0.15, -0.1) is 11.3 Å². The highest BCUT2D eigenvalue weighted by molar-refractivity contribution is 7.12. The van der Waals surface area contributed by atoms with Crippen LogP contribution >= 0.6 is 11.3 Å². The Balaban J connectivity index is 1.54. The van der Waals surface area contributed by atoms with Crippen molar-refractivity contribution in [3.8, 4) is 0 Å². The lowest BCUT2D eigenvalue weighted by Crippen LogP contribution is -2.33. The molecule has 1 unspecified atom stereocenters. The molecule has 1 saturated heterocycles. The van der Waals surface area contributed by atoms with Gasteiger partial charge in [0, 0.05) is 31.4 Å². The van der Waals surface area contributed by atoms with Crippen LogP contribution in [0.2, 0.25) is 0 Å². The molecule has 0 bridgehead atoms. The number of likely N-dealkylation sites (tertiary alicyclic amines) is 1. The number of ketones is 1. The normalized spacial score (nSPS) is 19.0. The largest absolute Gasteiger partial charge is 0.300 e. The van der Waals surface area contributed by atoms with Gasteiger partial charge in [-0.05, 0) is 54.9 Å². The third-order valence-electron chi connectivity index (χ3n) is 4.15. The molecule has 4 heteroatoms. The first kappa shape index (κ1) is 14.4. The van der Waals surface area contributed by atoms with Crippen LogP contribution in [0.25, 0.3) is 0 Å². The fraction of sp³-hybridized carbons (Fsp3) is 0.412. The lowest BCUT2D eigenvalue weighted by Gasteiger charge is -2.23. The van der Waals surface area contributed by atoms with Gasteiger partial charge in [0.1, 0.15) is 0 Å². The number of hydrogen-bond donors (Lipinski definition) is 0. The molecule has 2 aromatic heterocycles. The van der Waals surface area contributed by atoms with Crippen LogP contribution in [0, 0.1) is 0 Å². The van der Waals surface area contributed by atoms with Crippen molar-refractivity contribution in [3.05, 3.63) is 52.5 Å². The van der Waals surface area contributed by atoms with E-state index in [-0.39, 0.29) is 0 Å². The third-order valence-corrected chi connectivity index (χ3v) is 5.06. The second-order valence-corrected chi connectivity index (χ2v) is 6.49. The van der Waals surface area contributed by atoms with Gasteiger partial charge >= 0.3 is 0 Å². The summed E-state index contributed by atoms with van der Waals surface area (Å²) in [6.45, 7) is 2.15. The number of hydrogen-bond acceptors (Lipinski definition) is 4. The Morgan fingerprint density at radius 1 is 1.33 bits per heavy atom. The molecule has 0 saturated carbocycles. The molecule has 0 aromatic carbocycles. The second-order valence-electron chi connectivity index (χ2n) is 5.54. The van der Waals surface area contributed by atoms with E-state index >= 15 is 0 Å². The van der Waals surface area contributed by atoms with Gasteiger partial charge in [0.05, 0.1) is 4.88 Å². The van der Waals surface area contributed by atoms with Crippen molar-refractivity contribution in [1.82, 2.24) is 9.88 Å². The summed E-state index contributed by atoms with van der Waals surface area (Å²) in [4.78, 5) is 19.7. The maximum atomic E-state index is 12.3.